The molecule has 3 rings (SSSR count). The van der Waals surface area contributed by atoms with Crippen molar-refractivity contribution in [3.8, 4) is 0 Å². The maximum atomic E-state index is 12.4. The van der Waals surface area contributed by atoms with Gasteiger partial charge < -0.3 is 10.0 Å². The third-order valence-electron chi connectivity index (χ3n) is 3.46. The topological polar surface area (TPSA) is 88.3 Å². The largest absolute Gasteiger partial charge is 0.480 e. The summed E-state index contributed by atoms with van der Waals surface area (Å²) < 4.78 is 1.18. The number of carboxylic acid groups (broad SMARTS) is 1. The second kappa shape index (κ2) is 4.64. The monoisotopic (exact) mass is 264 g/mol. The summed E-state index contributed by atoms with van der Waals surface area (Å²) >= 11 is 0. The Balaban J connectivity index is 1.69. The van der Waals surface area contributed by atoms with Crippen LogP contribution < -0.4 is 0 Å². The normalized spacial score (nSPS) is 18.3. The lowest BCUT2D eigenvalue weighted by Gasteiger charge is -2.20. The van der Waals surface area contributed by atoms with E-state index in [1.807, 2.05) is 4.90 Å². The smallest absolute Gasteiger partial charge is 0.325 e. The second-order valence-corrected chi connectivity index (χ2v) is 5.33. The van der Waals surface area contributed by atoms with Gasteiger partial charge in [0.25, 0.3) is 5.91 Å². The number of nitrogens with zero attached hydrogens (tertiary/aromatic N) is 4. The minimum absolute atomic E-state index is 0.119. The number of aromatic nitrogens is 3. The fourth-order valence-electron chi connectivity index (χ4n) is 2.12. The van der Waals surface area contributed by atoms with Crippen LogP contribution in [0.2, 0.25) is 0 Å². The Kier molecular flexibility index (Phi) is 2.96. The number of hydrogen-bond acceptors (Lipinski definition) is 4. The molecule has 102 valence electrons. The molecule has 1 aromatic heterocycles. The zero-order valence-corrected chi connectivity index (χ0v) is 10.5. The van der Waals surface area contributed by atoms with E-state index in [-0.39, 0.29) is 18.1 Å². The molecule has 2 aliphatic carbocycles. The first-order chi connectivity index (χ1) is 9.13. The summed E-state index contributed by atoms with van der Waals surface area (Å²) in [5.41, 5.74) is 0.244. The summed E-state index contributed by atoms with van der Waals surface area (Å²) in [6.45, 7) is 0.529. The van der Waals surface area contributed by atoms with Gasteiger partial charge in [0.05, 0.1) is 6.20 Å². The van der Waals surface area contributed by atoms with E-state index in [1.165, 1.54) is 23.7 Å². The van der Waals surface area contributed by atoms with Gasteiger partial charge in [-0.25, -0.2) is 4.68 Å². The predicted molar refractivity (Wildman–Crippen MR) is 64.4 cm³/mol. The van der Waals surface area contributed by atoms with Gasteiger partial charge in [0.15, 0.2) is 5.69 Å². The number of amides is 1. The first kappa shape index (κ1) is 12.1. The average molecular weight is 264 g/mol. The van der Waals surface area contributed by atoms with Crippen molar-refractivity contribution in [1.29, 1.82) is 0 Å². The van der Waals surface area contributed by atoms with Crippen LogP contribution in [0.1, 0.15) is 36.2 Å². The Labute approximate surface area is 110 Å². The van der Waals surface area contributed by atoms with E-state index in [2.05, 4.69) is 10.3 Å². The molecule has 1 heterocycles. The Morgan fingerprint density at radius 1 is 1.37 bits per heavy atom. The van der Waals surface area contributed by atoms with Crippen LogP contribution in [0, 0.1) is 5.92 Å². The summed E-state index contributed by atoms with van der Waals surface area (Å²) in [5.74, 6) is -0.481. The van der Waals surface area contributed by atoms with Crippen LogP contribution in [0.5, 0.6) is 0 Å². The van der Waals surface area contributed by atoms with E-state index in [1.54, 1.807) is 0 Å². The molecule has 0 unspecified atom stereocenters. The highest BCUT2D eigenvalue weighted by atomic mass is 16.4. The molecule has 2 saturated carbocycles. The van der Waals surface area contributed by atoms with Gasteiger partial charge in [0.2, 0.25) is 0 Å². The Morgan fingerprint density at radius 2 is 2.11 bits per heavy atom. The summed E-state index contributed by atoms with van der Waals surface area (Å²) in [4.78, 5) is 24.8. The van der Waals surface area contributed by atoms with E-state index in [4.69, 9.17) is 5.11 Å². The van der Waals surface area contributed by atoms with E-state index >= 15 is 0 Å². The zero-order chi connectivity index (χ0) is 13.4. The highest BCUT2D eigenvalue weighted by Crippen LogP contribution is 2.35. The zero-order valence-electron chi connectivity index (χ0n) is 10.5. The van der Waals surface area contributed by atoms with E-state index in [0.717, 1.165) is 19.4 Å². The highest BCUT2D eigenvalue weighted by molar-refractivity contribution is 5.92. The Hall–Kier alpha value is -1.92. The molecule has 19 heavy (non-hydrogen) atoms. The van der Waals surface area contributed by atoms with Crippen molar-refractivity contribution in [3.05, 3.63) is 11.9 Å². The molecule has 1 amide bonds. The molecule has 0 aliphatic heterocycles. The van der Waals surface area contributed by atoms with Crippen molar-refractivity contribution >= 4 is 11.9 Å². The third-order valence-corrected chi connectivity index (χ3v) is 3.46. The molecule has 0 atom stereocenters. The number of hydrogen-bond donors (Lipinski definition) is 1. The van der Waals surface area contributed by atoms with Gasteiger partial charge in [-0.05, 0) is 31.6 Å². The van der Waals surface area contributed by atoms with Crippen LogP contribution >= 0.6 is 0 Å². The van der Waals surface area contributed by atoms with E-state index in [9.17, 15) is 9.59 Å². The maximum absolute atomic E-state index is 12.4. The van der Waals surface area contributed by atoms with Gasteiger partial charge >= 0.3 is 5.97 Å². The van der Waals surface area contributed by atoms with Crippen molar-refractivity contribution in [2.75, 3.05) is 6.54 Å². The van der Waals surface area contributed by atoms with E-state index in [0.29, 0.717) is 12.0 Å². The van der Waals surface area contributed by atoms with Gasteiger partial charge in [-0.1, -0.05) is 5.21 Å². The van der Waals surface area contributed by atoms with Crippen LogP contribution in [0.4, 0.5) is 0 Å². The van der Waals surface area contributed by atoms with E-state index < -0.39 is 5.97 Å². The fraction of sp³-hybridized carbons (Fsp3) is 0.667. The number of carboxylic acids is 1. The molecule has 0 spiro atoms. The molecule has 2 aliphatic rings. The SMILES string of the molecule is O=C(O)Cn1cc(C(=O)N(CC2CC2)C2CC2)nn1. The second-order valence-electron chi connectivity index (χ2n) is 5.33. The first-order valence-corrected chi connectivity index (χ1v) is 6.56. The van der Waals surface area contributed by atoms with Gasteiger partial charge in [0.1, 0.15) is 6.54 Å². The van der Waals surface area contributed by atoms with Crippen molar-refractivity contribution in [2.24, 2.45) is 5.92 Å². The van der Waals surface area contributed by atoms with Gasteiger partial charge in [0, 0.05) is 12.6 Å². The van der Waals surface area contributed by atoms with Crippen molar-refractivity contribution in [2.45, 2.75) is 38.3 Å². The van der Waals surface area contributed by atoms with Gasteiger partial charge in [-0.3, -0.25) is 9.59 Å². The summed E-state index contributed by atoms with van der Waals surface area (Å²) in [6.07, 6.45) is 5.92. The van der Waals surface area contributed by atoms with Crippen LogP contribution in [0.3, 0.4) is 0 Å². The molecular formula is C12H16N4O3. The standard InChI is InChI=1S/C12H16N4O3/c17-11(18)7-15-6-10(13-14-15)12(19)16(9-3-4-9)5-8-1-2-8/h6,8-9H,1-5,7H2,(H,17,18). The average Bonchev–Trinajstić information content (AvgIpc) is 3.25. The molecule has 7 heteroatoms. The lowest BCUT2D eigenvalue weighted by atomic mass is 10.3. The summed E-state index contributed by atoms with van der Waals surface area (Å²) in [7, 11) is 0. The van der Waals surface area contributed by atoms with Crippen LogP contribution in [0.25, 0.3) is 0 Å². The van der Waals surface area contributed by atoms with Crippen molar-refractivity contribution in [3.63, 3.8) is 0 Å². The first-order valence-electron chi connectivity index (χ1n) is 6.56. The van der Waals surface area contributed by atoms with Crippen molar-refractivity contribution in [1.82, 2.24) is 19.9 Å². The number of aliphatic carboxylic acids is 1. The number of carbonyl (C=O) groups is 2. The predicted octanol–water partition coefficient (Wildman–Crippen LogP) is 0.377. The molecule has 0 radical (unpaired) electrons. The maximum Gasteiger partial charge on any atom is 0.325 e. The molecule has 0 bridgehead atoms. The summed E-state index contributed by atoms with van der Waals surface area (Å²) in [5, 5.41) is 16.1. The number of carbonyl (C=O) groups excluding carboxylic acids is 1. The van der Waals surface area contributed by atoms with Crippen LogP contribution in [0.15, 0.2) is 6.20 Å². The minimum atomic E-state index is -0.999. The fourth-order valence-corrected chi connectivity index (χ4v) is 2.12. The molecule has 0 aromatic carbocycles. The summed E-state index contributed by atoms with van der Waals surface area (Å²) in [6, 6.07) is 0.345. The molecule has 0 saturated heterocycles. The molecule has 1 aromatic rings. The molecule has 2 fully saturated rings. The lowest BCUT2D eigenvalue weighted by molar-refractivity contribution is -0.137. The minimum Gasteiger partial charge on any atom is -0.480 e. The third kappa shape index (κ3) is 2.91. The van der Waals surface area contributed by atoms with Crippen molar-refractivity contribution < 1.29 is 14.7 Å². The number of rotatable bonds is 6. The quantitative estimate of drug-likeness (QED) is 0.802. The van der Waals surface area contributed by atoms with Gasteiger partial charge in [-0.15, -0.1) is 5.10 Å². The van der Waals surface area contributed by atoms with Gasteiger partial charge in [-0.2, -0.15) is 0 Å². The molecule has 1 N–H and O–H groups in total. The molecular weight excluding hydrogens is 248 g/mol. The Morgan fingerprint density at radius 3 is 2.68 bits per heavy atom. The lowest BCUT2D eigenvalue weighted by Crippen LogP contribution is -2.35. The highest BCUT2D eigenvalue weighted by Gasteiger charge is 2.37. The molecule has 7 nitrogen and oxygen atoms in total. The van der Waals surface area contributed by atoms with Crippen LogP contribution in [-0.2, 0) is 11.3 Å². The van der Waals surface area contributed by atoms with Crippen LogP contribution in [-0.4, -0.2) is 49.5 Å². The Bertz CT molecular complexity index is 505.